The zero-order chi connectivity index (χ0) is 17.3. The van der Waals surface area contributed by atoms with Crippen LogP contribution in [0.4, 0.5) is 25.6 Å². The molecule has 24 heavy (non-hydrogen) atoms. The molecule has 0 spiro atoms. The number of benzene rings is 1. The number of carbonyl (C=O) groups is 1. The molecule has 2 amide bonds. The summed E-state index contributed by atoms with van der Waals surface area (Å²) < 4.78 is 40.4. The van der Waals surface area contributed by atoms with Crippen LogP contribution in [0.25, 0.3) is 0 Å². The number of fused-ring (bicyclic) bond motifs is 1. The van der Waals surface area contributed by atoms with Crippen molar-refractivity contribution in [2.24, 2.45) is 0 Å². The second kappa shape index (κ2) is 6.29. The fourth-order valence-corrected chi connectivity index (χ4v) is 4.40. The molecule has 3 rings (SSSR count). The van der Waals surface area contributed by atoms with Gasteiger partial charge in [-0.2, -0.15) is 8.42 Å². The van der Waals surface area contributed by atoms with Crippen molar-refractivity contribution in [2.75, 3.05) is 34.1 Å². The number of amides is 2. The highest BCUT2D eigenvalue weighted by Crippen LogP contribution is 2.39. The number of rotatable bonds is 4. The van der Waals surface area contributed by atoms with E-state index in [0.29, 0.717) is 10.7 Å². The molecule has 2 heterocycles. The Hall–Kier alpha value is -2.33. The number of hydrogen-bond acceptors (Lipinski definition) is 4. The minimum absolute atomic E-state index is 0.000979. The minimum atomic E-state index is -3.76. The Morgan fingerprint density at radius 1 is 1.29 bits per heavy atom. The number of nitrogens with one attached hydrogen (secondary N) is 2. The Morgan fingerprint density at radius 3 is 2.79 bits per heavy atom. The Kier molecular flexibility index (Phi) is 4.33. The fourth-order valence-electron chi connectivity index (χ4n) is 2.37. The number of anilines is 3. The second-order valence-electron chi connectivity index (χ2n) is 5.04. The van der Waals surface area contributed by atoms with Crippen molar-refractivity contribution < 1.29 is 17.6 Å². The molecule has 1 aromatic carbocycles. The average Bonchev–Trinajstić information content (AvgIpc) is 3.08. The lowest BCUT2D eigenvalue weighted by Gasteiger charge is -2.19. The standard InChI is InChI=1S/C14H15FN4O3S2/c1-18-11-5-4-10(15)9-12(11)19(24(18,21)22)7-6-16-14(20)17-13-3-2-8-23-13/h2-5,8-9H,6-7H2,1H3,(H2,16,17,20). The van der Waals surface area contributed by atoms with Crippen LogP contribution in [-0.2, 0) is 10.2 Å². The number of hydrogen-bond donors (Lipinski definition) is 2. The minimum Gasteiger partial charge on any atom is -0.336 e. The molecule has 2 aromatic rings. The molecule has 10 heteroatoms. The largest absolute Gasteiger partial charge is 0.336 e. The maximum absolute atomic E-state index is 13.5. The lowest BCUT2D eigenvalue weighted by Crippen LogP contribution is -2.41. The molecular formula is C14H15FN4O3S2. The molecule has 2 N–H and O–H groups in total. The molecule has 0 saturated carbocycles. The maximum Gasteiger partial charge on any atom is 0.326 e. The van der Waals surface area contributed by atoms with Crippen LogP contribution in [-0.4, -0.2) is 34.6 Å². The molecule has 0 unspecified atom stereocenters. The number of urea groups is 1. The van der Waals surface area contributed by atoms with Crippen LogP contribution in [0.2, 0.25) is 0 Å². The highest BCUT2D eigenvalue weighted by Gasteiger charge is 2.37. The van der Waals surface area contributed by atoms with Crippen LogP contribution in [0, 0.1) is 5.82 Å². The Labute approximate surface area is 142 Å². The van der Waals surface area contributed by atoms with E-state index in [9.17, 15) is 17.6 Å². The van der Waals surface area contributed by atoms with Crippen LogP contribution in [0.15, 0.2) is 35.7 Å². The SMILES string of the molecule is CN1c2ccc(F)cc2N(CCNC(=O)Nc2cccs2)S1(=O)=O. The third-order valence-electron chi connectivity index (χ3n) is 3.53. The van der Waals surface area contributed by atoms with Gasteiger partial charge in [-0.25, -0.2) is 13.5 Å². The zero-order valence-corrected chi connectivity index (χ0v) is 14.3. The van der Waals surface area contributed by atoms with Crippen LogP contribution in [0.3, 0.4) is 0 Å². The average molecular weight is 370 g/mol. The van der Waals surface area contributed by atoms with Gasteiger partial charge in [0.15, 0.2) is 0 Å². The molecule has 7 nitrogen and oxygen atoms in total. The molecular weight excluding hydrogens is 355 g/mol. The lowest BCUT2D eigenvalue weighted by molar-refractivity contribution is 0.252. The summed E-state index contributed by atoms with van der Waals surface area (Å²) in [7, 11) is -2.35. The van der Waals surface area contributed by atoms with Gasteiger partial charge in [0, 0.05) is 19.7 Å². The quantitative estimate of drug-likeness (QED) is 0.866. The van der Waals surface area contributed by atoms with E-state index in [1.54, 1.807) is 12.1 Å². The lowest BCUT2D eigenvalue weighted by atomic mass is 10.2. The fraction of sp³-hybridized carbons (Fsp3) is 0.214. The van der Waals surface area contributed by atoms with Crippen molar-refractivity contribution in [3.05, 3.63) is 41.5 Å². The Morgan fingerprint density at radius 2 is 2.08 bits per heavy atom. The molecule has 0 fully saturated rings. The number of carbonyl (C=O) groups excluding carboxylic acids is 1. The summed E-state index contributed by atoms with van der Waals surface area (Å²) >= 11 is 1.38. The van der Waals surface area contributed by atoms with E-state index >= 15 is 0 Å². The first-order valence-corrected chi connectivity index (χ1v) is 9.32. The monoisotopic (exact) mass is 370 g/mol. The van der Waals surface area contributed by atoms with Gasteiger partial charge < -0.3 is 5.32 Å². The van der Waals surface area contributed by atoms with Crippen molar-refractivity contribution in [1.29, 1.82) is 0 Å². The van der Waals surface area contributed by atoms with Crippen molar-refractivity contribution in [2.45, 2.75) is 0 Å². The van der Waals surface area contributed by atoms with E-state index < -0.39 is 22.1 Å². The summed E-state index contributed by atoms with van der Waals surface area (Å²) in [6, 6.07) is 6.92. The normalized spacial score (nSPS) is 15.2. The first kappa shape index (κ1) is 16.5. The molecule has 128 valence electrons. The molecule has 0 aliphatic carbocycles. The number of thiophene rings is 1. The van der Waals surface area contributed by atoms with E-state index in [4.69, 9.17) is 0 Å². The summed E-state index contributed by atoms with van der Waals surface area (Å²) in [6.07, 6.45) is 0. The highest BCUT2D eigenvalue weighted by molar-refractivity contribution is 7.94. The van der Waals surface area contributed by atoms with Gasteiger partial charge in [-0.3, -0.25) is 9.62 Å². The second-order valence-corrected chi connectivity index (χ2v) is 7.87. The van der Waals surface area contributed by atoms with Crippen molar-refractivity contribution in [3.63, 3.8) is 0 Å². The summed E-state index contributed by atoms with van der Waals surface area (Å²) in [5.74, 6) is -0.521. The molecule has 0 bridgehead atoms. The topological polar surface area (TPSA) is 81.8 Å². The summed E-state index contributed by atoms with van der Waals surface area (Å²) in [4.78, 5) is 11.8. The molecule has 1 aliphatic heterocycles. The van der Waals surface area contributed by atoms with E-state index in [2.05, 4.69) is 10.6 Å². The van der Waals surface area contributed by atoms with Gasteiger partial charge in [-0.1, -0.05) is 0 Å². The molecule has 0 saturated heterocycles. The van der Waals surface area contributed by atoms with Gasteiger partial charge in [-0.05, 0) is 29.6 Å². The van der Waals surface area contributed by atoms with E-state index in [1.807, 2.05) is 5.38 Å². The summed E-state index contributed by atoms with van der Waals surface area (Å²) in [5, 5.41) is 7.73. The van der Waals surface area contributed by atoms with E-state index in [0.717, 1.165) is 8.61 Å². The Balaban J connectivity index is 1.66. The number of nitrogens with zero attached hydrogens (tertiary/aromatic N) is 2. The van der Waals surface area contributed by atoms with Gasteiger partial charge in [-0.15, -0.1) is 11.3 Å². The van der Waals surface area contributed by atoms with E-state index in [-0.39, 0.29) is 18.8 Å². The highest BCUT2D eigenvalue weighted by atomic mass is 32.2. The first-order valence-electron chi connectivity index (χ1n) is 7.04. The number of halogens is 1. The van der Waals surface area contributed by atoms with Crippen molar-refractivity contribution in [3.8, 4) is 0 Å². The Bertz CT molecular complexity index is 855. The van der Waals surface area contributed by atoms with Gasteiger partial charge in [0.05, 0.1) is 22.9 Å². The summed E-state index contributed by atoms with van der Waals surface area (Å²) in [6.45, 7) is 0.0845. The van der Waals surface area contributed by atoms with Crippen LogP contribution < -0.4 is 19.2 Å². The van der Waals surface area contributed by atoms with Crippen LogP contribution in [0.1, 0.15) is 0 Å². The molecule has 1 aromatic heterocycles. The van der Waals surface area contributed by atoms with Gasteiger partial charge >= 0.3 is 16.2 Å². The molecule has 1 aliphatic rings. The zero-order valence-electron chi connectivity index (χ0n) is 12.7. The van der Waals surface area contributed by atoms with Crippen LogP contribution >= 0.6 is 11.3 Å². The van der Waals surface area contributed by atoms with Crippen molar-refractivity contribution >= 4 is 44.0 Å². The molecule has 0 radical (unpaired) electrons. The summed E-state index contributed by atoms with van der Waals surface area (Å²) in [5.41, 5.74) is 0.664. The molecule has 0 atom stereocenters. The van der Waals surface area contributed by atoms with Crippen LogP contribution in [0.5, 0.6) is 0 Å². The van der Waals surface area contributed by atoms with Gasteiger partial charge in [0.2, 0.25) is 0 Å². The van der Waals surface area contributed by atoms with Gasteiger partial charge in [0.25, 0.3) is 0 Å². The van der Waals surface area contributed by atoms with E-state index in [1.165, 1.54) is 36.6 Å². The van der Waals surface area contributed by atoms with Crippen molar-refractivity contribution in [1.82, 2.24) is 5.32 Å². The van der Waals surface area contributed by atoms with Gasteiger partial charge in [0.1, 0.15) is 5.82 Å². The first-order chi connectivity index (χ1) is 11.4. The predicted octanol–water partition coefficient (Wildman–Crippen LogP) is 2.21. The smallest absolute Gasteiger partial charge is 0.326 e. The third-order valence-corrected chi connectivity index (χ3v) is 6.14. The maximum atomic E-state index is 13.5. The predicted molar refractivity (Wildman–Crippen MR) is 92.4 cm³/mol. The third kappa shape index (κ3) is 3.02.